The first kappa shape index (κ1) is 13.6. The van der Waals surface area contributed by atoms with E-state index < -0.39 is 11.6 Å². The van der Waals surface area contributed by atoms with Crippen molar-refractivity contribution in [1.29, 1.82) is 0 Å². The molecule has 0 amide bonds. The number of rotatable bonds is 5. The Morgan fingerprint density at radius 1 is 1.42 bits per heavy atom. The van der Waals surface area contributed by atoms with E-state index in [4.69, 9.17) is 5.84 Å². The summed E-state index contributed by atoms with van der Waals surface area (Å²) in [6, 6.07) is 3.28. The van der Waals surface area contributed by atoms with Gasteiger partial charge >= 0.3 is 0 Å². The van der Waals surface area contributed by atoms with Gasteiger partial charge in [-0.15, -0.1) is 0 Å². The van der Waals surface area contributed by atoms with E-state index in [2.05, 4.69) is 10.5 Å². The molecule has 6 heteroatoms. The number of halogens is 2. The van der Waals surface area contributed by atoms with E-state index in [1.165, 1.54) is 12.1 Å². The van der Waals surface area contributed by atoms with Crippen molar-refractivity contribution in [3.05, 3.63) is 53.4 Å². The quantitative estimate of drug-likeness (QED) is 0.642. The SMILES string of the molecule is CCn1cc(C(Cc2ccc(F)cc2F)NN)cn1. The molecular weight excluding hydrogens is 250 g/mol. The molecule has 0 saturated carbocycles. The third kappa shape index (κ3) is 3.15. The minimum absolute atomic E-state index is 0.264. The maximum atomic E-state index is 13.6. The summed E-state index contributed by atoms with van der Waals surface area (Å²) in [5.41, 5.74) is 3.91. The second-order valence-electron chi connectivity index (χ2n) is 4.29. The van der Waals surface area contributed by atoms with Crippen LogP contribution < -0.4 is 11.3 Å². The van der Waals surface area contributed by atoms with E-state index in [1.807, 2.05) is 13.1 Å². The van der Waals surface area contributed by atoms with Crippen LogP contribution in [0.1, 0.15) is 24.1 Å². The highest BCUT2D eigenvalue weighted by Gasteiger charge is 2.15. The summed E-state index contributed by atoms with van der Waals surface area (Å²) in [6.45, 7) is 2.73. The van der Waals surface area contributed by atoms with Gasteiger partial charge in [-0.3, -0.25) is 16.0 Å². The molecule has 0 saturated heterocycles. The Hall–Kier alpha value is -1.79. The van der Waals surface area contributed by atoms with Crippen LogP contribution in [0.2, 0.25) is 0 Å². The number of nitrogens with zero attached hydrogens (tertiary/aromatic N) is 2. The molecule has 2 aromatic rings. The highest BCUT2D eigenvalue weighted by molar-refractivity contribution is 5.22. The summed E-state index contributed by atoms with van der Waals surface area (Å²) in [5, 5.41) is 4.15. The van der Waals surface area contributed by atoms with Gasteiger partial charge < -0.3 is 0 Å². The summed E-state index contributed by atoms with van der Waals surface area (Å²) in [7, 11) is 0. The van der Waals surface area contributed by atoms with Gasteiger partial charge in [0, 0.05) is 24.4 Å². The van der Waals surface area contributed by atoms with E-state index in [1.54, 1.807) is 10.9 Å². The Bertz CT molecular complexity index is 553. The Labute approximate surface area is 110 Å². The molecule has 0 bridgehead atoms. The zero-order valence-corrected chi connectivity index (χ0v) is 10.6. The minimum atomic E-state index is -0.586. The van der Waals surface area contributed by atoms with Crippen LogP contribution >= 0.6 is 0 Å². The molecule has 0 spiro atoms. The summed E-state index contributed by atoms with van der Waals surface area (Å²) in [5.74, 6) is 4.35. The summed E-state index contributed by atoms with van der Waals surface area (Å²) < 4.78 is 28.2. The van der Waals surface area contributed by atoms with Crippen LogP contribution in [0.15, 0.2) is 30.6 Å². The molecular formula is C13H16F2N4. The number of nitrogens with one attached hydrogen (secondary N) is 1. The first-order valence-corrected chi connectivity index (χ1v) is 6.06. The van der Waals surface area contributed by atoms with E-state index in [-0.39, 0.29) is 6.04 Å². The van der Waals surface area contributed by atoms with Crippen LogP contribution in [0, 0.1) is 11.6 Å². The van der Waals surface area contributed by atoms with E-state index in [0.29, 0.717) is 12.0 Å². The molecule has 1 aromatic heterocycles. The molecule has 0 fully saturated rings. The second kappa shape index (κ2) is 5.90. The van der Waals surface area contributed by atoms with E-state index in [9.17, 15) is 8.78 Å². The van der Waals surface area contributed by atoms with Gasteiger partial charge in [0.05, 0.1) is 12.2 Å². The minimum Gasteiger partial charge on any atom is -0.273 e. The number of aryl methyl sites for hydroxylation is 1. The smallest absolute Gasteiger partial charge is 0.129 e. The van der Waals surface area contributed by atoms with E-state index >= 15 is 0 Å². The molecule has 4 nitrogen and oxygen atoms in total. The first-order valence-electron chi connectivity index (χ1n) is 6.06. The van der Waals surface area contributed by atoms with Gasteiger partial charge in [0.15, 0.2) is 0 Å². The maximum absolute atomic E-state index is 13.6. The van der Waals surface area contributed by atoms with Crippen molar-refractivity contribution >= 4 is 0 Å². The lowest BCUT2D eigenvalue weighted by Crippen LogP contribution is -2.29. The van der Waals surface area contributed by atoms with Crippen LogP contribution in [0.25, 0.3) is 0 Å². The average molecular weight is 266 g/mol. The Morgan fingerprint density at radius 3 is 2.79 bits per heavy atom. The zero-order chi connectivity index (χ0) is 13.8. The molecule has 102 valence electrons. The molecule has 1 atom stereocenters. The fraction of sp³-hybridized carbons (Fsp3) is 0.308. The average Bonchev–Trinajstić information content (AvgIpc) is 2.86. The molecule has 0 aliphatic heterocycles. The van der Waals surface area contributed by atoms with Gasteiger partial charge in [0.25, 0.3) is 0 Å². The first-order chi connectivity index (χ1) is 9.13. The number of benzene rings is 1. The summed E-state index contributed by atoms with van der Waals surface area (Å²) in [6.07, 6.45) is 3.87. The largest absolute Gasteiger partial charge is 0.273 e. The lowest BCUT2D eigenvalue weighted by molar-refractivity contribution is 0.521. The highest BCUT2D eigenvalue weighted by Crippen LogP contribution is 2.19. The van der Waals surface area contributed by atoms with Crippen molar-refractivity contribution in [3.8, 4) is 0 Å². The van der Waals surface area contributed by atoms with Gasteiger partial charge in [-0.25, -0.2) is 8.78 Å². The van der Waals surface area contributed by atoms with Gasteiger partial charge in [-0.2, -0.15) is 5.10 Å². The molecule has 1 aromatic carbocycles. The normalized spacial score (nSPS) is 12.6. The van der Waals surface area contributed by atoms with Crippen molar-refractivity contribution < 1.29 is 8.78 Å². The molecule has 0 aliphatic carbocycles. The Balaban J connectivity index is 2.18. The van der Waals surface area contributed by atoms with Crippen molar-refractivity contribution in [1.82, 2.24) is 15.2 Å². The number of hydrogen-bond donors (Lipinski definition) is 2. The third-order valence-corrected chi connectivity index (χ3v) is 3.02. The van der Waals surface area contributed by atoms with Crippen molar-refractivity contribution in [2.45, 2.75) is 25.9 Å². The number of nitrogens with two attached hydrogens (primary N) is 1. The fourth-order valence-electron chi connectivity index (χ4n) is 1.91. The van der Waals surface area contributed by atoms with Crippen LogP contribution in [0.5, 0.6) is 0 Å². The third-order valence-electron chi connectivity index (χ3n) is 3.02. The Morgan fingerprint density at radius 2 is 2.21 bits per heavy atom. The molecule has 2 rings (SSSR count). The molecule has 19 heavy (non-hydrogen) atoms. The summed E-state index contributed by atoms with van der Waals surface area (Å²) in [4.78, 5) is 0. The molecule has 0 radical (unpaired) electrons. The fourth-order valence-corrected chi connectivity index (χ4v) is 1.91. The van der Waals surface area contributed by atoms with Crippen molar-refractivity contribution in [2.24, 2.45) is 5.84 Å². The zero-order valence-electron chi connectivity index (χ0n) is 10.6. The number of hydrogen-bond acceptors (Lipinski definition) is 3. The van der Waals surface area contributed by atoms with Crippen LogP contribution in [-0.4, -0.2) is 9.78 Å². The summed E-state index contributed by atoms with van der Waals surface area (Å²) >= 11 is 0. The molecule has 1 unspecified atom stereocenters. The lowest BCUT2D eigenvalue weighted by atomic mass is 10.0. The lowest BCUT2D eigenvalue weighted by Gasteiger charge is -2.14. The monoisotopic (exact) mass is 266 g/mol. The topological polar surface area (TPSA) is 55.9 Å². The van der Waals surface area contributed by atoms with Crippen LogP contribution in [0.4, 0.5) is 8.78 Å². The highest BCUT2D eigenvalue weighted by atomic mass is 19.1. The van der Waals surface area contributed by atoms with E-state index in [0.717, 1.165) is 18.2 Å². The van der Waals surface area contributed by atoms with Gasteiger partial charge in [0.1, 0.15) is 11.6 Å². The molecule has 3 N–H and O–H groups in total. The van der Waals surface area contributed by atoms with Crippen molar-refractivity contribution in [3.63, 3.8) is 0 Å². The molecule has 0 aliphatic rings. The molecule has 1 heterocycles. The number of hydrazine groups is 1. The van der Waals surface area contributed by atoms with Crippen LogP contribution in [0.3, 0.4) is 0 Å². The van der Waals surface area contributed by atoms with Gasteiger partial charge in [-0.1, -0.05) is 6.07 Å². The van der Waals surface area contributed by atoms with Crippen LogP contribution in [-0.2, 0) is 13.0 Å². The number of aromatic nitrogens is 2. The Kier molecular flexibility index (Phi) is 4.24. The predicted molar refractivity (Wildman–Crippen MR) is 68.0 cm³/mol. The standard InChI is InChI=1S/C13H16F2N4/c1-2-19-8-10(7-17-19)13(18-16)5-9-3-4-11(14)6-12(9)15/h3-4,6-8,13,18H,2,5,16H2,1H3. The predicted octanol–water partition coefficient (Wildman–Crippen LogP) is 1.93. The van der Waals surface area contributed by atoms with Gasteiger partial charge in [-0.05, 0) is 25.0 Å². The van der Waals surface area contributed by atoms with Gasteiger partial charge in [0.2, 0.25) is 0 Å². The van der Waals surface area contributed by atoms with Crippen molar-refractivity contribution in [2.75, 3.05) is 0 Å². The second-order valence-corrected chi connectivity index (χ2v) is 4.29. The maximum Gasteiger partial charge on any atom is 0.129 e.